The maximum Gasteiger partial charge on any atom is 0.0842 e. The number of fused-ring (bicyclic) bond motifs is 5. The van der Waals surface area contributed by atoms with Crippen molar-refractivity contribution in [3.63, 3.8) is 0 Å². The van der Waals surface area contributed by atoms with Crippen LogP contribution in [0.15, 0.2) is 16.8 Å². The van der Waals surface area contributed by atoms with Gasteiger partial charge in [-0.2, -0.15) is 10.2 Å². The second-order valence-corrected chi connectivity index (χ2v) is 29.2. The van der Waals surface area contributed by atoms with Crippen molar-refractivity contribution in [2.75, 3.05) is 6.54 Å². The molecule has 0 spiro atoms. The zero-order valence-electron chi connectivity index (χ0n) is 47.1. The highest BCUT2D eigenvalue weighted by molar-refractivity contribution is 5.30. The third-order valence-corrected chi connectivity index (χ3v) is 26.5. The molecule has 24 unspecified atom stereocenters. The van der Waals surface area contributed by atoms with Crippen LogP contribution in [0.4, 0.5) is 0 Å². The van der Waals surface area contributed by atoms with Crippen LogP contribution in [0.5, 0.6) is 0 Å². The molecule has 7 aliphatic carbocycles. The normalized spacial score (nSPS) is 49.6. The Labute approximate surface area is 415 Å². The van der Waals surface area contributed by atoms with E-state index < -0.39 is 0 Å². The van der Waals surface area contributed by atoms with Crippen molar-refractivity contribution in [3.05, 3.63) is 16.6 Å². The summed E-state index contributed by atoms with van der Waals surface area (Å²) in [5.41, 5.74) is 10.1. The molecule has 0 heterocycles. The molecule has 382 valence electrons. The maximum absolute atomic E-state index is 11.6. The van der Waals surface area contributed by atoms with Gasteiger partial charge in [-0.3, -0.25) is 0 Å². The van der Waals surface area contributed by atoms with Crippen LogP contribution >= 0.6 is 0 Å². The van der Waals surface area contributed by atoms with Crippen molar-refractivity contribution in [2.45, 2.75) is 226 Å². The Morgan fingerprint density at radius 2 is 1.40 bits per heavy atom. The Hall–Kier alpha value is -1.21. The van der Waals surface area contributed by atoms with Gasteiger partial charge in [0.15, 0.2) is 0 Å². The van der Waals surface area contributed by atoms with E-state index in [1.807, 2.05) is 5.57 Å². The average molecular weight is 925 g/mol. The van der Waals surface area contributed by atoms with Crippen molar-refractivity contribution in [1.29, 1.82) is 5.26 Å². The van der Waals surface area contributed by atoms with Gasteiger partial charge >= 0.3 is 0 Å². The molecule has 0 aromatic carbocycles. The van der Waals surface area contributed by atoms with Gasteiger partial charge < -0.3 is 5.73 Å². The maximum atomic E-state index is 11.6. The summed E-state index contributed by atoms with van der Waals surface area (Å²) in [6.45, 7) is 43.7. The Bertz CT molecular complexity index is 1770. The van der Waals surface area contributed by atoms with Gasteiger partial charge in [0.25, 0.3) is 0 Å². The summed E-state index contributed by atoms with van der Waals surface area (Å²) < 4.78 is 0. The van der Waals surface area contributed by atoms with Gasteiger partial charge in [-0.25, -0.2) is 0 Å². The first-order chi connectivity index (χ1) is 31.3. The smallest absolute Gasteiger partial charge is 0.0842 e. The van der Waals surface area contributed by atoms with Crippen molar-refractivity contribution < 1.29 is 0 Å². The monoisotopic (exact) mass is 924 g/mol. The lowest BCUT2D eigenvalue weighted by Crippen LogP contribution is -2.58. The molecular weight excluding hydrogens is 815 g/mol. The molecule has 0 aromatic rings. The van der Waals surface area contributed by atoms with Crippen LogP contribution in [-0.4, -0.2) is 12.6 Å². The van der Waals surface area contributed by atoms with Crippen molar-refractivity contribution >= 4 is 0 Å². The summed E-state index contributed by atoms with van der Waals surface area (Å²) in [5, 5.41) is 14.3. The second kappa shape index (κ2) is 20.0. The number of hydrogen-bond acceptors (Lipinski definition) is 4. The number of rotatable bonds is 14. The number of nitrogens with zero attached hydrogens (tertiary/aromatic N) is 2. The topological polar surface area (TPSA) is 79.2 Å². The van der Waals surface area contributed by atoms with E-state index in [1.165, 1.54) is 96.3 Å². The lowest BCUT2D eigenvalue weighted by molar-refractivity contribution is -0.143. The van der Waals surface area contributed by atoms with Crippen molar-refractivity contribution in [3.8, 4) is 6.07 Å². The first-order valence-electron chi connectivity index (χ1n) is 29.5. The Morgan fingerprint density at radius 3 is 2.06 bits per heavy atom. The quantitative estimate of drug-likeness (QED) is 0.139. The van der Waals surface area contributed by atoms with E-state index >= 15 is 0 Å². The number of allylic oxidation sites excluding steroid dienone is 2. The highest BCUT2D eigenvalue weighted by Crippen LogP contribution is 2.75. The van der Waals surface area contributed by atoms with Gasteiger partial charge in [-0.15, -0.1) is 0 Å². The fourth-order valence-corrected chi connectivity index (χ4v) is 20.2. The van der Waals surface area contributed by atoms with Crippen LogP contribution in [0.1, 0.15) is 220 Å². The lowest BCUT2D eigenvalue weighted by Gasteiger charge is -2.66. The largest absolute Gasteiger partial charge is 0.327 e. The first kappa shape index (κ1) is 53.6. The highest BCUT2D eigenvalue weighted by Gasteiger charge is 2.67. The zero-order valence-corrected chi connectivity index (χ0v) is 47.1. The van der Waals surface area contributed by atoms with Crippen LogP contribution in [0.25, 0.3) is 0 Å². The number of nitriles is 1. The summed E-state index contributed by atoms with van der Waals surface area (Å²) in [4.78, 5) is 11.6. The van der Waals surface area contributed by atoms with Crippen LogP contribution in [-0.2, 0) is 0 Å². The van der Waals surface area contributed by atoms with Crippen LogP contribution < -0.4 is 5.73 Å². The third-order valence-electron chi connectivity index (χ3n) is 26.5. The molecule has 7 rings (SSSR count). The Balaban J connectivity index is 1.06. The van der Waals surface area contributed by atoms with Gasteiger partial charge in [0, 0.05) is 6.04 Å². The molecule has 2 N–H and O–H groups in total. The number of nitrogens with two attached hydrogens (primary N) is 1. The van der Waals surface area contributed by atoms with Gasteiger partial charge in [0.1, 0.15) is 0 Å². The van der Waals surface area contributed by atoms with Gasteiger partial charge in [0.2, 0.25) is 0 Å². The molecule has 0 bridgehead atoms. The van der Waals surface area contributed by atoms with E-state index in [-0.39, 0.29) is 11.5 Å². The first-order valence-corrected chi connectivity index (χ1v) is 29.5. The average Bonchev–Trinajstić information content (AvgIpc) is 3.57. The standard InChI is InChI=1S/C63H109N3O/c1-18-46-30-48(53(44(9)42(46)7)34-49-31-50(35-66-67)43(8)45(10)58(49)65)33-51(59(11,12)36-64)20-19-37(2)54-25-26-63(17)57-24-23-55-56(61(57,15)27-28-62(54,63)16)22-21-52(60(55,13)14)32-47-29-38(3)39(4)40(5)41(47)6/h23,37-54,56-58H,18-22,24-35,65H2,1-17H3. The SMILES string of the molecule is CCC1CC(CC(CCC(C)C2CCC3(C)C4CC=C5C(CCC(CC6CC(C)C(C)C(C)C6C)C5(C)C)C4(C)CCC23C)C(C)(C)C#N)C(CC2CC(CN=O)C(C)C(C)C2N)C(C)C1C. The minimum atomic E-state index is -0.353. The van der Waals surface area contributed by atoms with Crippen LogP contribution in [0.3, 0.4) is 0 Å². The Morgan fingerprint density at radius 1 is 0.746 bits per heavy atom. The van der Waals surface area contributed by atoms with E-state index in [2.05, 4.69) is 135 Å². The molecule has 0 aliphatic heterocycles. The van der Waals surface area contributed by atoms with Gasteiger partial charge in [-0.1, -0.05) is 134 Å². The second-order valence-electron chi connectivity index (χ2n) is 29.2. The van der Waals surface area contributed by atoms with Crippen LogP contribution in [0.2, 0.25) is 0 Å². The van der Waals surface area contributed by atoms with E-state index in [0.29, 0.717) is 87.4 Å². The molecule has 4 heteroatoms. The molecule has 67 heavy (non-hydrogen) atoms. The Kier molecular flexibility index (Phi) is 16.0. The van der Waals surface area contributed by atoms with E-state index in [1.54, 1.807) is 0 Å². The summed E-state index contributed by atoms with van der Waals surface area (Å²) >= 11 is 0. The minimum absolute atomic E-state index is 0.180. The van der Waals surface area contributed by atoms with E-state index in [4.69, 9.17) is 5.73 Å². The molecule has 6 saturated carbocycles. The molecule has 0 amide bonds. The molecule has 4 nitrogen and oxygen atoms in total. The lowest BCUT2D eigenvalue weighted by atomic mass is 9.38. The summed E-state index contributed by atoms with van der Waals surface area (Å²) in [6, 6.07) is 3.07. The summed E-state index contributed by atoms with van der Waals surface area (Å²) in [6.07, 6.45) is 23.8. The van der Waals surface area contributed by atoms with E-state index in [9.17, 15) is 10.2 Å². The fraction of sp³-hybridized carbons (Fsp3) is 0.952. The van der Waals surface area contributed by atoms with Crippen molar-refractivity contribution in [1.82, 2.24) is 0 Å². The van der Waals surface area contributed by atoms with Crippen LogP contribution in [0, 0.1) is 162 Å². The summed E-state index contributed by atoms with van der Waals surface area (Å²) in [7, 11) is 0. The van der Waals surface area contributed by atoms with Gasteiger partial charge in [-0.05, 0) is 244 Å². The molecule has 0 saturated heterocycles. The zero-order chi connectivity index (χ0) is 49.3. The molecule has 0 aromatic heterocycles. The molecule has 0 radical (unpaired) electrons. The molecule has 6 fully saturated rings. The number of nitroso groups, excluding NO2 is 1. The third kappa shape index (κ3) is 9.29. The number of hydrogen-bond donors (Lipinski definition) is 1. The predicted octanol–water partition coefficient (Wildman–Crippen LogP) is 17.5. The van der Waals surface area contributed by atoms with E-state index in [0.717, 1.165) is 65.6 Å². The predicted molar refractivity (Wildman–Crippen MR) is 285 cm³/mol. The van der Waals surface area contributed by atoms with Crippen molar-refractivity contribution in [2.24, 2.45) is 156 Å². The highest BCUT2D eigenvalue weighted by atomic mass is 16.3. The molecule has 24 atom stereocenters. The fourth-order valence-electron chi connectivity index (χ4n) is 20.2. The molecule has 7 aliphatic rings. The van der Waals surface area contributed by atoms with Gasteiger partial charge in [0.05, 0.1) is 18.0 Å². The minimum Gasteiger partial charge on any atom is -0.327 e. The summed E-state index contributed by atoms with van der Waals surface area (Å²) in [5.74, 6) is 13.4. The molecular formula is C63H109N3O.